The Kier molecular flexibility index (Phi) is 4.91. The van der Waals surface area contributed by atoms with Crippen LogP contribution in [-0.2, 0) is 10.8 Å². The Morgan fingerprint density at radius 1 is 1.62 bits per heavy atom. The lowest BCUT2D eigenvalue weighted by Crippen LogP contribution is -2.15. The number of hydrogen-bond acceptors (Lipinski definition) is 4. The summed E-state index contributed by atoms with van der Waals surface area (Å²) in [4.78, 5) is 14.8. The third-order valence-corrected chi connectivity index (χ3v) is 3.29. The van der Waals surface area contributed by atoms with Crippen molar-refractivity contribution in [2.24, 2.45) is 0 Å². The first-order valence-corrected chi connectivity index (χ1v) is 6.41. The summed E-state index contributed by atoms with van der Waals surface area (Å²) in [6.45, 7) is 2.30. The molecule has 16 heavy (non-hydrogen) atoms. The number of anilines is 1. The van der Waals surface area contributed by atoms with Gasteiger partial charge in [-0.2, -0.15) is 0 Å². The molecule has 88 valence electrons. The Labute approximate surface area is 96.4 Å². The van der Waals surface area contributed by atoms with Crippen LogP contribution in [0.15, 0.2) is 18.3 Å². The average Bonchev–Trinajstić information content (AvgIpc) is 2.29. The maximum absolute atomic E-state index is 11.2. The van der Waals surface area contributed by atoms with Crippen molar-refractivity contribution in [3.05, 3.63) is 23.9 Å². The van der Waals surface area contributed by atoms with Crippen LogP contribution in [0.25, 0.3) is 0 Å². The molecule has 0 aliphatic carbocycles. The average molecular weight is 242 g/mol. The van der Waals surface area contributed by atoms with Crippen LogP contribution >= 0.6 is 0 Å². The van der Waals surface area contributed by atoms with Gasteiger partial charge in [0.05, 0.1) is 0 Å². The summed E-state index contributed by atoms with van der Waals surface area (Å²) in [6.07, 6.45) is 1.52. The summed E-state index contributed by atoms with van der Waals surface area (Å²) in [6, 6.07) is 3.05. The molecule has 0 saturated heterocycles. The lowest BCUT2D eigenvalue weighted by Gasteiger charge is -2.07. The van der Waals surface area contributed by atoms with Crippen molar-refractivity contribution in [1.82, 2.24) is 4.98 Å². The normalized spacial score (nSPS) is 12.1. The maximum atomic E-state index is 11.2. The standard InChI is InChI=1S/C10H14N2O3S/c1-2-16(15)7-6-12-9-8(10(13)14)4-3-5-11-9/h3-5H,2,6-7H2,1H3,(H,11,12)(H,13,14). The van der Waals surface area contributed by atoms with Crippen molar-refractivity contribution in [3.63, 3.8) is 0 Å². The number of pyridine rings is 1. The number of nitrogens with zero attached hydrogens (tertiary/aromatic N) is 1. The van der Waals surface area contributed by atoms with Crippen LogP contribution in [-0.4, -0.2) is 38.3 Å². The number of aromatic nitrogens is 1. The molecule has 0 radical (unpaired) electrons. The molecule has 6 heteroatoms. The van der Waals surface area contributed by atoms with E-state index in [1.807, 2.05) is 6.92 Å². The lowest BCUT2D eigenvalue weighted by atomic mass is 10.2. The van der Waals surface area contributed by atoms with Gasteiger partial charge in [-0.25, -0.2) is 9.78 Å². The number of carbonyl (C=O) groups is 1. The molecule has 0 amide bonds. The second-order valence-corrected chi connectivity index (χ2v) is 4.93. The number of carboxylic acid groups (broad SMARTS) is 1. The Bertz CT molecular complexity index is 395. The monoisotopic (exact) mass is 242 g/mol. The summed E-state index contributed by atoms with van der Waals surface area (Å²) in [5, 5.41) is 11.8. The van der Waals surface area contributed by atoms with Gasteiger partial charge >= 0.3 is 5.97 Å². The molecule has 1 atom stereocenters. The minimum Gasteiger partial charge on any atom is -0.478 e. The van der Waals surface area contributed by atoms with Gasteiger partial charge in [0.1, 0.15) is 11.4 Å². The quantitative estimate of drug-likeness (QED) is 0.776. The smallest absolute Gasteiger partial charge is 0.339 e. The van der Waals surface area contributed by atoms with E-state index in [-0.39, 0.29) is 5.56 Å². The van der Waals surface area contributed by atoms with E-state index in [0.717, 1.165) is 0 Å². The fourth-order valence-electron chi connectivity index (χ4n) is 1.15. The number of carboxylic acids is 1. The van der Waals surface area contributed by atoms with E-state index < -0.39 is 16.8 Å². The third-order valence-electron chi connectivity index (χ3n) is 1.98. The first kappa shape index (κ1) is 12.6. The van der Waals surface area contributed by atoms with Crippen LogP contribution in [0.2, 0.25) is 0 Å². The minimum atomic E-state index is -1.02. The van der Waals surface area contributed by atoms with Crippen molar-refractivity contribution >= 4 is 22.6 Å². The molecule has 0 fully saturated rings. The summed E-state index contributed by atoms with van der Waals surface area (Å²) in [5.74, 6) is 0.400. The first-order valence-electron chi connectivity index (χ1n) is 4.92. The van der Waals surface area contributed by atoms with Crippen LogP contribution in [0.5, 0.6) is 0 Å². The molecule has 1 heterocycles. The number of aromatic carboxylic acids is 1. The van der Waals surface area contributed by atoms with E-state index in [9.17, 15) is 9.00 Å². The SMILES string of the molecule is CCS(=O)CCNc1ncccc1C(=O)O. The Morgan fingerprint density at radius 3 is 3.00 bits per heavy atom. The van der Waals surface area contributed by atoms with Crippen molar-refractivity contribution in [1.29, 1.82) is 0 Å². The molecular weight excluding hydrogens is 228 g/mol. The van der Waals surface area contributed by atoms with E-state index >= 15 is 0 Å². The van der Waals surface area contributed by atoms with Gasteiger partial charge in [0, 0.05) is 35.0 Å². The van der Waals surface area contributed by atoms with Crippen molar-refractivity contribution in [3.8, 4) is 0 Å². The van der Waals surface area contributed by atoms with Gasteiger partial charge in [0.15, 0.2) is 0 Å². The first-order chi connectivity index (χ1) is 7.65. The molecule has 1 aromatic rings. The fourth-order valence-corrected chi connectivity index (χ4v) is 1.76. The fraction of sp³-hybridized carbons (Fsp3) is 0.400. The maximum Gasteiger partial charge on any atom is 0.339 e. The van der Waals surface area contributed by atoms with Crippen LogP contribution in [0.3, 0.4) is 0 Å². The molecule has 0 aliphatic heterocycles. The highest BCUT2D eigenvalue weighted by Crippen LogP contribution is 2.10. The molecule has 5 nitrogen and oxygen atoms in total. The molecule has 1 aromatic heterocycles. The topological polar surface area (TPSA) is 79.3 Å². The summed E-state index contributed by atoms with van der Waals surface area (Å²) in [5.41, 5.74) is 0.129. The van der Waals surface area contributed by atoms with Gasteiger partial charge in [0.2, 0.25) is 0 Å². The zero-order chi connectivity index (χ0) is 12.0. The van der Waals surface area contributed by atoms with Crippen LogP contribution in [0, 0.1) is 0 Å². The second kappa shape index (κ2) is 6.22. The highest BCUT2D eigenvalue weighted by Gasteiger charge is 2.09. The van der Waals surface area contributed by atoms with E-state index in [1.165, 1.54) is 12.3 Å². The van der Waals surface area contributed by atoms with E-state index in [2.05, 4.69) is 10.3 Å². The van der Waals surface area contributed by atoms with E-state index in [4.69, 9.17) is 5.11 Å². The molecule has 1 rings (SSSR count). The molecule has 2 N–H and O–H groups in total. The zero-order valence-corrected chi connectivity index (χ0v) is 9.79. The van der Waals surface area contributed by atoms with Gasteiger partial charge in [-0.3, -0.25) is 4.21 Å². The summed E-state index contributed by atoms with van der Waals surface area (Å²) < 4.78 is 11.2. The molecule has 0 saturated carbocycles. The zero-order valence-electron chi connectivity index (χ0n) is 8.97. The van der Waals surface area contributed by atoms with Crippen molar-refractivity contribution in [2.75, 3.05) is 23.4 Å². The summed E-state index contributed by atoms with van der Waals surface area (Å²) in [7, 11) is -0.856. The van der Waals surface area contributed by atoms with E-state index in [0.29, 0.717) is 23.9 Å². The van der Waals surface area contributed by atoms with Crippen LogP contribution in [0.1, 0.15) is 17.3 Å². The van der Waals surface area contributed by atoms with Crippen molar-refractivity contribution in [2.45, 2.75) is 6.92 Å². The Hall–Kier alpha value is -1.43. The largest absolute Gasteiger partial charge is 0.478 e. The van der Waals surface area contributed by atoms with Gasteiger partial charge < -0.3 is 10.4 Å². The lowest BCUT2D eigenvalue weighted by molar-refractivity contribution is 0.0697. The number of hydrogen-bond donors (Lipinski definition) is 2. The number of nitrogens with one attached hydrogen (secondary N) is 1. The Balaban J connectivity index is 2.60. The Morgan fingerprint density at radius 2 is 2.38 bits per heavy atom. The predicted octanol–water partition coefficient (Wildman–Crippen LogP) is 0.960. The van der Waals surface area contributed by atoms with Crippen LogP contribution < -0.4 is 5.32 Å². The van der Waals surface area contributed by atoms with E-state index in [1.54, 1.807) is 6.07 Å². The van der Waals surface area contributed by atoms with Gasteiger partial charge in [-0.15, -0.1) is 0 Å². The molecule has 1 unspecified atom stereocenters. The molecular formula is C10H14N2O3S. The summed E-state index contributed by atoms with van der Waals surface area (Å²) >= 11 is 0. The van der Waals surface area contributed by atoms with Gasteiger partial charge in [-0.05, 0) is 12.1 Å². The van der Waals surface area contributed by atoms with Gasteiger partial charge in [0.25, 0.3) is 0 Å². The van der Waals surface area contributed by atoms with Crippen molar-refractivity contribution < 1.29 is 14.1 Å². The molecule has 0 aromatic carbocycles. The molecule has 0 bridgehead atoms. The minimum absolute atomic E-state index is 0.129. The van der Waals surface area contributed by atoms with Gasteiger partial charge in [-0.1, -0.05) is 6.92 Å². The predicted molar refractivity (Wildman–Crippen MR) is 63.2 cm³/mol. The third kappa shape index (κ3) is 3.62. The van der Waals surface area contributed by atoms with Crippen LogP contribution in [0.4, 0.5) is 5.82 Å². The molecule has 0 aliphatic rings. The number of rotatable bonds is 6. The highest BCUT2D eigenvalue weighted by molar-refractivity contribution is 7.84. The highest BCUT2D eigenvalue weighted by atomic mass is 32.2. The molecule has 0 spiro atoms. The second-order valence-electron chi connectivity index (χ2n) is 3.06.